The molecule has 0 bridgehead atoms. The highest BCUT2D eigenvalue weighted by molar-refractivity contribution is 6.14. The highest BCUT2D eigenvalue weighted by Crippen LogP contribution is 2.29. The number of rotatable bonds is 3. The van der Waals surface area contributed by atoms with E-state index in [0.29, 0.717) is 28.4 Å². The van der Waals surface area contributed by atoms with Crippen molar-refractivity contribution in [3.05, 3.63) is 59.2 Å². The van der Waals surface area contributed by atoms with E-state index in [1.807, 2.05) is 30.3 Å². The van der Waals surface area contributed by atoms with Gasteiger partial charge in [0.25, 0.3) is 0 Å². The second kappa shape index (κ2) is 5.93. The highest BCUT2D eigenvalue weighted by Gasteiger charge is 2.22. The van der Waals surface area contributed by atoms with Crippen LogP contribution in [0.1, 0.15) is 15.9 Å². The molecule has 0 aliphatic carbocycles. The highest BCUT2D eigenvalue weighted by atomic mass is 16.5. The summed E-state index contributed by atoms with van der Waals surface area (Å²) < 4.78 is 16.1. The van der Waals surface area contributed by atoms with Gasteiger partial charge in [0.05, 0.1) is 19.8 Å². The molecule has 1 aliphatic heterocycles. The second-order valence-corrected chi connectivity index (χ2v) is 4.93. The first kappa shape index (κ1) is 14.2. The Morgan fingerprint density at radius 1 is 1.05 bits per heavy atom. The van der Waals surface area contributed by atoms with E-state index in [1.54, 1.807) is 32.4 Å². The Labute approximate surface area is 128 Å². The van der Waals surface area contributed by atoms with Crippen LogP contribution in [-0.2, 0) is 0 Å². The van der Waals surface area contributed by atoms with Crippen LogP contribution in [0.3, 0.4) is 0 Å². The van der Waals surface area contributed by atoms with Gasteiger partial charge in [-0.1, -0.05) is 12.1 Å². The average Bonchev–Trinajstić information content (AvgIpc) is 2.57. The van der Waals surface area contributed by atoms with Crippen LogP contribution in [0.15, 0.2) is 48.0 Å². The van der Waals surface area contributed by atoms with Crippen molar-refractivity contribution < 1.29 is 19.0 Å². The fourth-order valence-electron chi connectivity index (χ4n) is 2.40. The molecular weight excluding hydrogens is 280 g/mol. The van der Waals surface area contributed by atoms with Crippen molar-refractivity contribution in [2.45, 2.75) is 0 Å². The molecule has 0 fully saturated rings. The van der Waals surface area contributed by atoms with E-state index >= 15 is 0 Å². The molecule has 0 N–H and O–H groups in total. The lowest BCUT2D eigenvalue weighted by Gasteiger charge is -2.18. The molecule has 0 aromatic heterocycles. The molecule has 112 valence electrons. The molecule has 3 rings (SSSR count). The molecule has 4 heteroatoms. The molecule has 2 aromatic carbocycles. The van der Waals surface area contributed by atoms with Crippen molar-refractivity contribution in [3.8, 4) is 17.2 Å². The average molecular weight is 296 g/mol. The van der Waals surface area contributed by atoms with Gasteiger partial charge < -0.3 is 14.2 Å². The SMILES string of the molecule is COc1cc(C=C2COc3ccccc3C2=O)cc(OC)c1. The van der Waals surface area contributed by atoms with Gasteiger partial charge in [0, 0.05) is 11.6 Å². The standard InChI is InChI=1S/C18H16O4/c1-20-14-8-12(9-15(10-14)21-2)7-13-11-22-17-6-4-3-5-16(17)18(13)19/h3-10H,11H2,1-2H3. The van der Waals surface area contributed by atoms with Crippen molar-refractivity contribution in [2.24, 2.45) is 0 Å². The number of fused-ring (bicyclic) bond motifs is 1. The Kier molecular flexibility index (Phi) is 3.83. The largest absolute Gasteiger partial charge is 0.497 e. The zero-order chi connectivity index (χ0) is 15.5. The lowest BCUT2D eigenvalue weighted by Crippen LogP contribution is -2.18. The Balaban J connectivity index is 1.98. The Morgan fingerprint density at radius 2 is 1.73 bits per heavy atom. The molecule has 0 radical (unpaired) electrons. The Morgan fingerprint density at radius 3 is 2.41 bits per heavy atom. The number of benzene rings is 2. The molecule has 0 atom stereocenters. The molecule has 1 aliphatic rings. The van der Waals surface area contributed by atoms with E-state index in [4.69, 9.17) is 14.2 Å². The minimum Gasteiger partial charge on any atom is -0.497 e. The van der Waals surface area contributed by atoms with Gasteiger partial charge in [-0.2, -0.15) is 0 Å². The summed E-state index contributed by atoms with van der Waals surface area (Å²) in [7, 11) is 3.19. The van der Waals surface area contributed by atoms with Crippen molar-refractivity contribution in [2.75, 3.05) is 20.8 Å². The number of carbonyl (C=O) groups is 1. The maximum atomic E-state index is 12.5. The predicted molar refractivity (Wildman–Crippen MR) is 83.8 cm³/mol. The van der Waals surface area contributed by atoms with Gasteiger partial charge in [-0.25, -0.2) is 0 Å². The van der Waals surface area contributed by atoms with Gasteiger partial charge in [0.2, 0.25) is 0 Å². The van der Waals surface area contributed by atoms with Crippen LogP contribution >= 0.6 is 0 Å². The first-order valence-electron chi connectivity index (χ1n) is 6.91. The third kappa shape index (κ3) is 2.68. The Bertz CT molecular complexity index is 724. The number of ketones is 1. The van der Waals surface area contributed by atoms with Crippen LogP contribution in [0.5, 0.6) is 17.2 Å². The van der Waals surface area contributed by atoms with E-state index < -0.39 is 0 Å². The van der Waals surface area contributed by atoms with Gasteiger partial charge in [0.1, 0.15) is 23.9 Å². The van der Waals surface area contributed by atoms with E-state index in [1.165, 1.54) is 0 Å². The van der Waals surface area contributed by atoms with E-state index in [-0.39, 0.29) is 12.4 Å². The summed E-state index contributed by atoms with van der Waals surface area (Å²) in [6.07, 6.45) is 1.81. The summed E-state index contributed by atoms with van der Waals surface area (Å²) in [4.78, 5) is 12.5. The van der Waals surface area contributed by atoms with Gasteiger partial charge in [-0.05, 0) is 35.9 Å². The zero-order valence-corrected chi connectivity index (χ0v) is 12.5. The molecule has 1 heterocycles. The van der Waals surface area contributed by atoms with Crippen LogP contribution in [-0.4, -0.2) is 26.6 Å². The fraction of sp³-hybridized carbons (Fsp3) is 0.167. The summed E-state index contributed by atoms with van der Waals surface area (Å²) in [5.74, 6) is 1.98. The lowest BCUT2D eigenvalue weighted by molar-refractivity contribution is 0.100. The topological polar surface area (TPSA) is 44.8 Å². The molecule has 0 spiro atoms. The van der Waals surface area contributed by atoms with Crippen molar-refractivity contribution in [1.82, 2.24) is 0 Å². The van der Waals surface area contributed by atoms with E-state index in [0.717, 1.165) is 5.56 Å². The van der Waals surface area contributed by atoms with Crippen LogP contribution in [0.25, 0.3) is 6.08 Å². The van der Waals surface area contributed by atoms with Gasteiger partial charge in [-0.15, -0.1) is 0 Å². The second-order valence-electron chi connectivity index (χ2n) is 4.93. The number of hydrogen-bond acceptors (Lipinski definition) is 4. The molecule has 2 aromatic rings. The molecule has 0 saturated heterocycles. The minimum absolute atomic E-state index is 0.0105. The summed E-state index contributed by atoms with van der Waals surface area (Å²) in [5.41, 5.74) is 2.03. The third-order valence-electron chi connectivity index (χ3n) is 3.52. The first-order chi connectivity index (χ1) is 10.7. The van der Waals surface area contributed by atoms with E-state index in [2.05, 4.69) is 0 Å². The van der Waals surface area contributed by atoms with Crippen LogP contribution in [0, 0.1) is 0 Å². The third-order valence-corrected chi connectivity index (χ3v) is 3.52. The predicted octanol–water partition coefficient (Wildman–Crippen LogP) is 3.36. The number of carbonyl (C=O) groups excluding carboxylic acids is 1. The number of ether oxygens (including phenoxy) is 3. The van der Waals surface area contributed by atoms with Gasteiger partial charge in [-0.3, -0.25) is 4.79 Å². The number of para-hydroxylation sites is 1. The summed E-state index contributed by atoms with van der Waals surface area (Å²) in [5, 5.41) is 0. The summed E-state index contributed by atoms with van der Waals surface area (Å²) in [6, 6.07) is 12.8. The summed E-state index contributed by atoms with van der Waals surface area (Å²) in [6.45, 7) is 0.259. The molecule has 4 nitrogen and oxygen atoms in total. The molecule has 22 heavy (non-hydrogen) atoms. The van der Waals surface area contributed by atoms with Crippen LogP contribution < -0.4 is 14.2 Å². The first-order valence-corrected chi connectivity index (χ1v) is 6.91. The van der Waals surface area contributed by atoms with Gasteiger partial charge >= 0.3 is 0 Å². The van der Waals surface area contributed by atoms with Crippen molar-refractivity contribution in [3.63, 3.8) is 0 Å². The lowest BCUT2D eigenvalue weighted by atomic mass is 9.98. The van der Waals surface area contributed by atoms with Crippen LogP contribution in [0.4, 0.5) is 0 Å². The molecule has 0 amide bonds. The van der Waals surface area contributed by atoms with Gasteiger partial charge in [0.15, 0.2) is 5.78 Å². The minimum atomic E-state index is -0.0105. The maximum absolute atomic E-state index is 12.5. The molecular formula is C18H16O4. The smallest absolute Gasteiger partial charge is 0.196 e. The number of Topliss-reactive ketones (excluding diaryl/α,β-unsaturated/α-hetero) is 1. The normalized spacial score (nSPS) is 15.2. The summed E-state index contributed by atoms with van der Waals surface area (Å²) >= 11 is 0. The number of hydrogen-bond donors (Lipinski definition) is 0. The van der Waals surface area contributed by atoms with E-state index in [9.17, 15) is 4.79 Å². The fourth-order valence-corrected chi connectivity index (χ4v) is 2.40. The van der Waals surface area contributed by atoms with Crippen LogP contribution in [0.2, 0.25) is 0 Å². The Hall–Kier alpha value is -2.75. The van der Waals surface area contributed by atoms with Crippen molar-refractivity contribution >= 4 is 11.9 Å². The number of methoxy groups -OCH3 is 2. The zero-order valence-electron chi connectivity index (χ0n) is 12.5. The molecule has 0 unspecified atom stereocenters. The monoisotopic (exact) mass is 296 g/mol. The maximum Gasteiger partial charge on any atom is 0.196 e. The quantitative estimate of drug-likeness (QED) is 0.815. The molecule has 0 saturated carbocycles. The van der Waals surface area contributed by atoms with Crippen molar-refractivity contribution in [1.29, 1.82) is 0 Å².